The molecule has 1 aromatic rings. The summed E-state index contributed by atoms with van der Waals surface area (Å²) in [7, 11) is -3.49. The predicted octanol–water partition coefficient (Wildman–Crippen LogP) is 1.45. The van der Waals surface area contributed by atoms with Crippen molar-refractivity contribution in [2.75, 3.05) is 25.4 Å². The highest BCUT2D eigenvalue weighted by Crippen LogP contribution is 2.30. The first-order valence-corrected chi connectivity index (χ1v) is 7.52. The van der Waals surface area contributed by atoms with E-state index in [2.05, 4.69) is 0 Å². The van der Waals surface area contributed by atoms with Gasteiger partial charge in [0.2, 0.25) is 10.0 Å². The molecule has 0 saturated carbocycles. The highest BCUT2D eigenvalue weighted by Gasteiger charge is 2.30. The van der Waals surface area contributed by atoms with E-state index in [0.29, 0.717) is 31.1 Å². The molecule has 1 saturated heterocycles. The zero-order chi connectivity index (χ0) is 13.2. The minimum Gasteiger partial charge on any atom is -0.492 e. The Labute approximate surface area is 108 Å². The molecule has 0 atom stereocenters. The van der Waals surface area contributed by atoms with Crippen LogP contribution in [-0.4, -0.2) is 32.4 Å². The average molecular weight is 270 g/mol. The molecule has 0 radical (unpaired) electrons. The maximum Gasteiger partial charge on any atom is 0.246 e. The van der Waals surface area contributed by atoms with Crippen LogP contribution >= 0.6 is 0 Å². The van der Waals surface area contributed by atoms with Gasteiger partial charge in [0, 0.05) is 18.8 Å². The molecule has 1 fully saturated rings. The van der Waals surface area contributed by atoms with Crippen molar-refractivity contribution in [1.82, 2.24) is 4.31 Å². The van der Waals surface area contributed by atoms with Crippen LogP contribution in [0.5, 0.6) is 5.75 Å². The Bertz CT molecular complexity index is 522. The number of hydrogen-bond donors (Lipinski definition) is 1. The van der Waals surface area contributed by atoms with Gasteiger partial charge in [-0.25, -0.2) is 8.42 Å². The third-order valence-corrected chi connectivity index (χ3v) is 4.87. The second kappa shape index (κ2) is 5.16. The molecule has 0 amide bonds. The summed E-state index contributed by atoms with van der Waals surface area (Å²) in [5.41, 5.74) is 6.11. The van der Waals surface area contributed by atoms with Gasteiger partial charge in [-0.1, -0.05) is 0 Å². The first kappa shape index (κ1) is 13.2. The molecule has 2 rings (SSSR count). The number of nitrogens with two attached hydrogens (primary N) is 1. The van der Waals surface area contributed by atoms with Gasteiger partial charge in [0.15, 0.2) is 0 Å². The molecule has 0 aromatic heterocycles. The lowest BCUT2D eigenvalue weighted by molar-refractivity contribution is 0.330. The molecule has 5 nitrogen and oxygen atoms in total. The van der Waals surface area contributed by atoms with Gasteiger partial charge in [0.25, 0.3) is 0 Å². The molecule has 1 aliphatic rings. The van der Waals surface area contributed by atoms with Crippen LogP contribution in [0.2, 0.25) is 0 Å². The maximum atomic E-state index is 12.5. The molecule has 1 aromatic carbocycles. The second-order valence-electron chi connectivity index (χ2n) is 4.25. The monoisotopic (exact) mass is 270 g/mol. The lowest BCUT2D eigenvalue weighted by Crippen LogP contribution is -2.28. The van der Waals surface area contributed by atoms with Crippen LogP contribution in [0, 0.1) is 0 Å². The summed E-state index contributed by atoms with van der Waals surface area (Å²) in [4.78, 5) is 0.172. The molecule has 6 heteroatoms. The van der Waals surface area contributed by atoms with E-state index in [4.69, 9.17) is 10.5 Å². The highest BCUT2D eigenvalue weighted by molar-refractivity contribution is 7.89. The quantitative estimate of drug-likeness (QED) is 0.841. The van der Waals surface area contributed by atoms with Gasteiger partial charge in [0.05, 0.1) is 6.61 Å². The van der Waals surface area contributed by atoms with E-state index in [-0.39, 0.29) is 4.90 Å². The van der Waals surface area contributed by atoms with Gasteiger partial charge < -0.3 is 10.5 Å². The van der Waals surface area contributed by atoms with Crippen LogP contribution in [0.1, 0.15) is 19.8 Å². The van der Waals surface area contributed by atoms with Crippen molar-refractivity contribution >= 4 is 15.7 Å². The fourth-order valence-corrected chi connectivity index (χ4v) is 3.75. The maximum absolute atomic E-state index is 12.5. The number of nitrogen functional groups attached to an aromatic ring is 1. The largest absolute Gasteiger partial charge is 0.492 e. The van der Waals surface area contributed by atoms with Gasteiger partial charge in [0.1, 0.15) is 10.6 Å². The minimum atomic E-state index is -3.49. The number of nitrogens with zero attached hydrogens (tertiary/aromatic N) is 1. The third-order valence-electron chi connectivity index (χ3n) is 2.95. The molecule has 18 heavy (non-hydrogen) atoms. The van der Waals surface area contributed by atoms with E-state index in [1.807, 2.05) is 6.92 Å². The highest BCUT2D eigenvalue weighted by atomic mass is 32.2. The molecule has 1 aliphatic heterocycles. The number of anilines is 1. The lowest BCUT2D eigenvalue weighted by atomic mass is 10.3. The van der Waals surface area contributed by atoms with E-state index in [1.165, 1.54) is 10.4 Å². The zero-order valence-electron chi connectivity index (χ0n) is 10.4. The van der Waals surface area contributed by atoms with Crippen LogP contribution in [0.4, 0.5) is 5.69 Å². The average Bonchev–Trinajstić information content (AvgIpc) is 2.86. The van der Waals surface area contributed by atoms with Crippen molar-refractivity contribution in [1.29, 1.82) is 0 Å². The van der Waals surface area contributed by atoms with Crippen LogP contribution in [0.15, 0.2) is 23.1 Å². The number of hydrogen-bond acceptors (Lipinski definition) is 4. The van der Waals surface area contributed by atoms with Gasteiger partial charge in [-0.2, -0.15) is 4.31 Å². The van der Waals surface area contributed by atoms with E-state index in [1.54, 1.807) is 12.1 Å². The van der Waals surface area contributed by atoms with Crippen molar-refractivity contribution in [3.63, 3.8) is 0 Å². The first-order valence-electron chi connectivity index (χ1n) is 6.08. The molecule has 0 unspecified atom stereocenters. The molecule has 2 N–H and O–H groups in total. The zero-order valence-corrected chi connectivity index (χ0v) is 11.2. The fraction of sp³-hybridized carbons (Fsp3) is 0.500. The van der Waals surface area contributed by atoms with E-state index in [0.717, 1.165) is 12.8 Å². The Morgan fingerprint density at radius 2 is 2.00 bits per heavy atom. The summed E-state index contributed by atoms with van der Waals surface area (Å²) >= 11 is 0. The van der Waals surface area contributed by atoms with E-state index < -0.39 is 10.0 Å². The lowest BCUT2D eigenvalue weighted by Gasteiger charge is -2.18. The Balaban J connectivity index is 2.44. The van der Waals surface area contributed by atoms with Crippen molar-refractivity contribution in [3.05, 3.63) is 18.2 Å². The summed E-state index contributed by atoms with van der Waals surface area (Å²) in [6, 6.07) is 4.73. The Kier molecular flexibility index (Phi) is 3.77. The number of sulfonamides is 1. The van der Waals surface area contributed by atoms with Crippen molar-refractivity contribution in [2.24, 2.45) is 0 Å². The smallest absolute Gasteiger partial charge is 0.246 e. The summed E-state index contributed by atoms with van der Waals surface area (Å²) in [6.45, 7) is 3.39. The summed E-state index contributed by atoms with van der Waals surface area (Å²) in [5.74, 6) is 0.374. The standard InChI is InChI=1S/C12H18N2O3S/c1-2-17-11-6-5-10(13)9-12(11)18(15,16)14-7-3-4-8-14/h5-6,9H,2-4,7-8,13H2,1H3. The molecule has 0 bridgehead atoms. The predicted molar refractivity (Wildman–Crippen MR) is 70.0 cm³/mol. The Hall–Kier alpha value is -1.27. The van der Waals surface area contributed by atoms with Gasteiger partial charge in [-0.05, 0) is 38.0 Å². The molecule has 100 valence electrons. The topological polar surface area (TPSA) is 72.6 Å². The molecular formula is C12H18N2O3S. The number of rotatable bonds is 4. The van der Waals surface area contributed by atoms with Gasteiger partial charge >= 0.3 is 0 Å². The van der Waals surface area contributed by atoms with Crippen molar-refractivity contribution < 1.29 is 13.2 Å². The van der Waals surface area contributed by atoms with Gasteiger partial charge in [-0.15, -0.1) is 0 Å². The second-order valence-corrected chi connectivity index (χ2v) is 6.16. The fourth-order valence-electron chi connectivity index (χ4n) is 2.07. The van der Waals surface area contributed by atoms with Crippen molar-refractivity contribution in [3.8, 4) is 5.75 Å². The molecule has 1 heterocycles. The number of benzene rings is 1. The van der Waals surface area contributed by atoms with Crippen LogP contribution in [-0.2, 0) is 10.0 Å². The number of ether oxygens (including phenoxy) is 1. The normalized spacial score (nSPS) is 16.9. The summed E-state index contributed by atoms with van der Waals surface area (Å²) in [6.07, 6.45) is 1.82. The third kappa shape index (κ3) is 2.44. The molecule has 0 aliphatic carbocycles. The van der Waals surface area contributed by atoms with Crippen molar-refractivity contribution in [2.45, 2.75) is 24.7 Å². The molecular weight excluding hydrogens is 252 g/mol. The minimum absolute atomic E-state index is 0.172. The summed E-state index contributed by atoms with van der Waals surface area (Å²) < 4.78 is 31.8. The van der Waals surface area contributed by atoms with Crippen LogP contribution in [0.3, 0.4) is 0 Å². The SMILES string of the molecule is CCOc1ccc(N)cc1S(=O)(=O)N1CCCC1. The molecule has 0 spiro atoms. The van der Waals surface area contributed by atoms with Crippen LogP contribution < -0.4 is 10.5 Å². The summed E-state index contributed by atoms with van der Waals surface area (Å²) in [5, 5.41) is 0. The van der Waals surface area contributed by atoms with Crippen LogP contribution in [0.25, 0.3) is 0 Å². The Morgan fingerprint density at radius 1 is 1.33 bits per heavy atom. The Morgan fingerprint density at radius 3 is 2.61 bits per heavy atom. The van der Waals surface area contributed by atoms with Gasteiger partial charge in [-0.3, -0.25) is 0 Å². The van der Waals surface area contributed by atoms with E-state index in [9.17, 15) is 8.42 Å². The first-order chi connectivity index (χ1) is 8.55. The van der Waals surface area contributed by atoms with E-state index >= 15 is 0 Å².